The Balaban J connectivity index is 1.56. The molecule has 3 aliphatic heterocycles. The van der Waals surface area contributed by atoms with Crippen LogP contribution in [0.1, 0.15) is 39.0 Å². The van der Waals surface area contributed by atoms with Crippen molar-refractivity contribution in [2.45, 2.75) is 98.7 Å². The molecule has 37 heavy (non-hydrogen) atoms. The van der Waals surface area contributed by atoms with Crippen LogP contribution < -0.4 is 16.0 Å². The van der Waals surface area contributed by atoms with Gasteiger partial charge in [-0.15, -0.1) is 0 Å². The van der Waals surface area contributed by atoms with Crippen molar-refractivity contribution in [2.75, 3.05) is 12.9 Å². The van der Waals surface area contributed by atoms with Crippen molar-refractivity contribution in [1.29, 1.82) is 0 Å². The van der Waals surface area contributed by atoms with Crippen molar-refractivity contribution in [3.05, 3.63) is 0 Å². The number of carbonyl (C=O) groups excluding carboxylic acids is 4. The fourth-order valence-electron chi connectivity index (χ4n) is 4.97. The lowest BCUT2D eigenvalue weighted by Gasteiger charge is -2.45. The van der Waals surface area contributed by atoms with Gasteiger partial charge in [0.15, 0.2) is 5.78 Å². The summed E-state index contributed by atoms with van der Waals surface area (Å²) in [6, 6.07) is -1.46. The summed E-state index contributed by atoms with van der Waals surface area (Å²) in [6.45, 7) is 1.12. The molecular formula is C22H35N3O11S. The molecule has 0 aliphatic carbocycles. The SMILES string of the molecule is COC(=O)C1(O)C[C@H](O)[C@@H](NC(C)=O)[C@H]([C@H](O)[C@H](O)C(O)C(=O)CCCC[C@@H]2SC[C@@H]3NC(=O)N[C@@H]32)O1. The maximum absolute atomic E-state index is 12.5. The van der Waals surface area contributed by atoms with E-state index in [9.17, 15) is 44.7 Å². The van der Waals surface area contributed by atoms with Gasteiger partial charge in [-0.2, -0.15) is 11.8 Å². The Labute approximate surface area is 217 Å². The molecule has 10 atom stereocenters. The third kappa shape index (κ3) is 6.71. The number of aliphatic hydroxyl groups excluding tert-OH is 4. The number of carbonyl (C=O) groups is 4. The first kappa shape index (κ1) is 29.5. The molecule has 0 aromatic carbocycles. The van der Waals surface area contributed by atoms with Crippen molar-refractivity contribution in [3.63, 3.8) is 0 Å². The van der Waals surface area contributed by atoms with E-state index >= 15 is 0 Å². The summed E-state index contributed by atoms with van der Waals surface area (Å²) in [7, 11) is 0.961. The van der Waals surface area contributed by atoms with Crippen molar-refractivity contribution in [1.82, 2.24) is 16.0 Å². The molecule has 3 saturated heterocycles. The van der Waals surface area contributed by atoms with E-state index in [0.29, 0.717) is 12.8 Å². The van der Waals surface area contributed by atoms with Crippen LogP contribution in [0.4, 0.5) is 4.79 Å². The highest BCUT2D eigenvalue weighted by Crippen LogP contribution is 2.34. The zero-order chi connectivity index (χ0) is 27.5. The van der Waals surface area contributed by atoms with E-state index in [-0.39, 0.29) is 29.8 Å². The molecule has 3 fully saturated rings. The Bertz CT molecular complexity index is 879. The lowest BCUT2D eigenvalue weighted by Crippen LogP contribution is -2.68. The highest BCUT2D eigenvalue weighted by molar-refractivity contribution is 8.00. The summed E-state index contributed by atoms with van der Waals surface area (Å²) in [6.07, 6.45) is -8.68. The summed E-state index contributed by atoms with van der Waals surface area (Å²) >= 11 is 1.73. The molecule has 0 aromatic rings. The van der Waals surface area contributed by atoms with Crippen LogP contribution in [0.3, 0.4) is 0 Å². The second-order valence-electron chi connectivity index (χ2n) is 9.62. The predicted molar refractivity (Wildman–Crippen MR) is 127 cm³/mol. The first-order valence-corrected chi connectivity index (χ1v) is 13.1. The number of methoxy groups -OCH3 is 1. The highest BCUT2D eigenvalue weighted by atomic mass is 32.2. The number of rotatable bonds is 11. The molecule has 3 aliphatic rings. The summed E-state index contributed by atoms with van der Waals surface area (Å²) in [5, 5.41) is 60.8. The lowest BCUT2D eigenvalue weighted by molar-refractivity contribution is -0.297. The highest BCUT2D eigenvalue weighted by Gasteiger charge is 2.55. The number of nitrogens with one attached hydrogen (secondary N) is 3. The monoisotopic (exact) mass is 549 g/mol. The van der Waals surface area contributed by atoms with Gasteiger partial charge in [0.05, 0.1) is 31.3 Å². The third-order valence-electron chi connectivity index (χ3n) is 6.90. The number of ether oxygens (including phenoxy) is 2. The molecule has 0 saturated carbocycles. The van der Waals surface area contributed by atoms with Gasteiger partial charge in [0.1, 0.15) is 24.4 Å². The quantitative estimate of drug-likeness (QED) is 0.0728. The normalized spacial score (nSPS) is 35.5. The summed E-state index contributed by atoms with van der Waals surface area (Å²) in [5.41, 5.74) is 0. The zero-order valence-electron chi connectivity index (χ0n) is 20.5. The van der Waals surface area contributed by atoms with Crippen molar-refractivity contribution in [3.8, 4) is 0 Å². The molecular weight excluding hydrogens is 514 g/mol. The Morgan fingerprint density at radius 3 is 2.59 bits per heavy atom. The van der Waals surface area contributed by atoms with Crippen molar-refractivity contribution in [2.24, 2.45) is 0 Å². The number of esters is 1. The molecule has 14 nitrogen and oxygen atoms in total. The Morgan fingerprint density at radius 1 is 1.24 bits per heavy atom. The standard InChI is InChI=1S/C22H35N3O11S/c1-9(26)23-15-12(28)7-22(34,20(32)35-2)36-19(15)18(31)17(30)16(29)11(27)5-3-4-6-13-14-10(8-37-13)24-21(33)25-14/h10,12-19,28-31,34H,3-8H2,1-2H3,(H,23,26)(H2,24,25,33)/t10-,12-,13-,14-,15+,16?,17+,18+,19+,22?/m0/s1. The van der Waals surface area contributed by atoms with Crippen LogP contribution in [-0.4, -0.2) is 122 Å². The zero-order valence-corrected chi connectivity index (χ0v) is 21.3. The number of hydrogen-bond donors (Lipinski definition) is 8. The first-order valence-electron chi connectivity index (χ1n) is 12.1. The van der Waals surface area contributed by atoms with E-state index in [0.717, 1.165) is 26.2 Å². The van der Waals surface area contributed by atoms with E-state index in [1.54, 1.807) is 11.8 Å². The average molecular weight is 550 g/mol. The van der Waals surface area contributed by atoms with Gasteiger partial charge < -0.3 is 51.0 Å². The van der Waals surface area contributed by atoms with Gasteiger partial charge >= 0.3 is 12.0 Å². The molecule has 0 bridgehead atoms. The van der Waals surface area contributed by atoms with Crippen LogP contribution in [0.2, 0.25) is 0 Å². The predicted octanol–water partition coefficient (Wildman–Crippen LogP) is -3.12. The maximum Gasteiger partial charge on any atom is 0.366 e. The minimum Gasteiger partial charge on any atom is -0.465 e. The number of ketones is 1. The van der Waals surface area contributed by atoms with Gasteiger partial charge in [-0.05, 0) is 12.8 Å². The maximum atomic E-state index is 12.5. The third-order valence-corrected chi connectivity index (χ3v) is 8.41. The second kappa shape index (κ2) is 12.2. The average Bonchev–Trinajstić information content (AvgIpc) is 3.40. The molecule has 3 amide bonds. The summed E-state index contributed by atoms with van der Waals surface area (Å²) in [5.74, 6) is -4.57. The smallest absolute Gasteiger partial charge is 0.366 e. The number of fused-ring (bicyclic) bond motifs is 1. The van der Waals surface area contributed by atoms with Gasteiger partial charge in [0, 0.05) is 30.8 Å². The number of urea groups is 1. The fourth-order valence-corrected chi connectivity index (χ4v) is 6.51. The summed E-state index contributed by atoms with van der Waals surface area (Å²) in [4.78, 5) is 47.6. The van der Waals surface area contributed by atoms with Gasteiger partial charge in [0.25, 0.3) is 5.79 Å². The van der Waals surface area contributed by atoms with Gasteiger partial charge in [-0.25, -0.2) is 9.59 Å². The Morgan fingerprint density at radius 2 is 1.95 bits per heavy atom. The van der Waals surface area contributed by atoms with E-state index < -0.39 is 66.4 Å². The molecule has 3 rings (SSSR count). The molecule has 2 unspecified atom stereocenters. The van der Waals surface area contributed by atoms with E-state index in [1.165, 1.54) is 0 Å². The van der Waals surface area contributed by atoms with Crippen LogP contribution in [0.15, 0.2) is 0 Å². The lowest BCUT2D eigenvalue weighted by atomic mass is 9.86. The topological polar surface area (TPSA) is 224 Å². The molecule has 15 heteroatoms. The molecule has 8 N–H and O–H groups in total. The van der Waals surface area contributed by atoms with Crippen LogP contribution in [0, 0.1) is 0 Å². The Kier molecular flexibility index (Phi) is 9.77. The van der Waals surface area contributed by atoms with Gasteiger partial charge in [-0.3, -0.25) is 9.59 Å². The minimum absolute atomic E-state index is 0.0294. The fraction of sp³-hybridized carbons (Fsp3) is 0.818. The van der Waals surface area contributed by atoms with Crippen molar-refractivity contribution < 1.29 is 54.2 Å². The van der Waals surface area contributed by atoms with Gasteiger partial charge in [0.2, 0.25) is 5.91 Å². The van der Waals surface area contributed by atoms with E-state index in [2.05, 4.69) is 20.7 Å². The number of aliphatic hydroxyl groups is 5. The first-order chi connectivity index (χ1) is 17.4. The number of thioether (sulfide) groups is 1. The van der Waals surface area contributed by atoms with Gasteiger partial charge in [-0.1, -0.05) is 6.42 Å². The van der Waals surface area contributed by atoms with E-state index in [1.807, 2.05) is 0 Å². The van der Waals surface area contributed by atoms with E-state index in [4.69, 9.17) is 4.74 Å². The molecule has 3 heterocycles. The molecule has 210 valence electrons. The molecule has 0 spiro atoms. The largest absolute Gasteiger partial charge is 0.465 e. The Hall–Kier alpha value is -2.01. The number of amides is 3. The van der Waals surface area contributed by atoms with Crippen LogP contribution in [0.5, 0.6) is 0 Å². The van der Waals surface area contributed by atoms with Crippen LogP contribution >= 0.6 is 11.8 Å². The molecule has 0 aromatic heterocycles. The minimum atomic E-state index is -2.70. The van der Waals surface area contributed by atoms with Crippen LogP contribution in [0.25, 0.3) is 0 Å². The number of Topliss-reactive ketones (excluding diaryl/α,β-unsaturated/α-hetero) is 1. The van der Waals surface area contributed by atoms with Crippen molar-refractivity contribution >= 4 is 35.5 Å². The summed E-state index contributed by atoms with van der Waals surface area (Å²) < 4.78 is 9.72. The number of unbranched alkanes of at least 4 members (excludes halogenated alkanes) is 1. The van der Waals surface area contributed by atoms with Crippen LogP contribution in [-0.2, 0) is 23.9 Å². The number of hydrogen-bond acceptors (Lipinski definition) is 12. The second-order valence-corrected chi connectivity index (χ2v) is 10.9. The molecule has 0 radical (unpaired) electrons.